The number of ether oxygens (including phenoxy) is 1. The maximum absolute atomic E-state index is 13.7. The molecular weight excluding hydrogens is 382 g/mol. The van der Waals surface area contributed by atoms with Crippen molar-refractivity contribution in [1.82, 2.24) is 9.97 Å². The van der Waals surface area contributed by atoms with Crippen LogP contribution in [0, 0.1) is 0 Å². The fraction of sp³-hybridized carbons (Fsp3) is 0.348. The van der Waals surface area contributed by atoms with Crippen molar-refractivity contribution in [2.75, 3.05) is 11.5 Å². The minimum absolute atomic E-state index is 0.0475. The summed E-state index contributed by atoms with van der Waals surface area (Å²) >= 11 is 1.52. The zero-order valence-corrected chi connectivity index (χ0v) is 17.0. The molecule has 1 aliphatic carbocycles. The van der Waals surface area contributed by atoms with Crippen molar-refractivity contribution in [3.05, 3.63) is 71.0 Å². The van der Waals surface area contributed by atoms with Crippen molar-refractivity contribution < 1.29 is 9.53 Å². The summed E-state index contributed by atoms with van der Waals surface area (Å²) in [7, 11) is 0. The van der Waals surface area contributed by atoms with Gasteiger partial charge in [-0.05, 0) is 54.9 Å². The first kappa shape index (κ1) is 18.3. The van der Waals surface area contributed by atoms with E-state index in [0.29, 0.717) is 13.0 Å². The molecule has 1 amide bonds. The predicted molar refractivity (Wildman–Crippen MR) is 113 cm³/mol. The molecule has 29 heavy (non-hydrogen) atoms. The average molecular weight is 406 g/mol. The summed E-state index contributed by atoms with van der Waals surface area (Å²) in [5.74, 6) is 1.19. The van der Waals surface area contributed by atoms with Crippen LogP contribution in [0.1, 0.15) is 54.5 Å². The molecule has 0 bridgehead atoms. The lowest BCUT2D eigenvalue weighted by molar-refractivity contribution is -0.119. The number of carbonyl (C=O) groups excluding carboxylic acids is 1. The van der Waals surface area contributed by atoms with E-state index >= 15 is 0 Å². The maximum atomic E-state index is 13.7. The largest absolute Gasteiger partial charge is 0.493 e. The molecule has 0 radical (unpaired) electrons. The molecule has 0 fully saturated rings. The van der Waals surface area contributed by atoms with E-state index in [2.05, 4.69) is 22.1 Å². The van der Waals surface area contributed by atoms with E-state index in [1.165, 1.54) is 16.9 Å². The summed E-state index contributed by atoms with van der Waals surface area (Å²) in [4.78, 5) is 24.7. The van der Waals surface area contributed by atoms with Crippen molar-refractivity contribution in [3.63, 3.8) is 0 Å². The van der Waals surface area contributed by atoms with Gasteiger partial charge in [-0.2, -0.15) is 0 Å². The number of amides is 1. The Morgan fingerprint density at radius 1 is 1.14 bits per heavy atom. The molecule has 0 unspecified atom stereocenters. The molecule has 0 spiro atoms. The Bertz CT molecular complexity index is 1000. The summed E-state index contributed by atoms with van der Waals surface area (Å²) < 4.78 is 5.79. The van der Waals surface area contributed by atoms with Gasteiger partial charge in [-0.25, -0.2) is 4.98 Å². The lowest BCUT2D eigenvalue weighted by Crippen LogP contribution is -2.38. The summed E-state index contributed by atoms with van der Waals surface area (Å²) in [6.45, 7) is 0.653. The third kappa shape index (κ3) is 3.53. The first-order chi connectivity index (χ1) is 14.3. The van der Waals surface area contributed by atoms with Crippen LogP contribution >= 0.6 is 11.3 Å². The van der Waals surface area contributed by atoms with Crippen LogP contribution in [-0.4, -0.2) is 22.5 Å². The van der Waals surface area contributed by atoms with Gasteiger partial charge in [-0.3, -0.25) is 14.7 Å². The number of fused-ring (bicyclic) bond motifs is 2. The molecule has 5 nitrogen and oxygen atoms in total. The topological polar surface area (TPSA) is 55.3 Å². The molecule has 6 heteroatoms. The van der Waals surface area contributed by atoms with Crippen molar-refractivity contribution in [2.24, 2.45) is 0 Å². The average Bonchev–Trinajstić information content (AvgIpc) is 3.29. The minimum Gasteiger partial charge on any atom is -0.493 e. The summed E-state index contributed by atoms with van der Waals surface area (Å²) in [6.07, 6.45) is 7.90. The van der Waals surface area contributed by atoms with Crippen LogP contribution in [0.2, 0.25) is 0 Å². The number of nitrogens with zero attached hydrogens (tertiary/aromatic N) is 3. The van der Waals surface area contributed by atoms with Crippen LogP contribution in [0.4, 0.5) is 5.13 Å². The molecule has 0 N–H and O–H groups in total. The Labute approximate surface area is 174 Å². The lowest BCUT2D eigenvalue weighted by Gasteiger charge is -2.35. The molecule has 148 valence electrons. The van der Waals surface area contributed by atoms with Gasteiger partial charge in [0.25, 0.3) is 0 Å². The van der Waals surface area contributed by atoms with Crippen LogP contribution in [0.5, 0.6) is 5.75 Å². The van der Waals surface area contributed by atoms with E-state index in [0.717, 1.165) is 47.8 Å². The number of hydrogen-bond donors (Lipinski definition) is 0. The Morgan fingerprint density at radius 3 is 2.97 bits per heavy atom. The number of anilines is 1. The molecule has 0 saturated heterocycles. The van der Waals surface area contributed by atoms with Gasteiger partial charge in [0.1, 0.15) is 5.75 Å². The van der Waals surface area contributed by atoms with Crippen molar-refractivity contribution >= 4 is 22.4 Å². The number of carbonyl (C=O) groups is 1. The molecule has 2 atom stereocenters. The molecule has 3 heterocycles. The first-order valence-electron chi connectivity index (χ1n) is 10.2. The number of rotatable bonds is 4. The normalized spacial score (nSPS) is 20.3. The third-order valence-electron chi connectivity index (χ3n) is 5.87. The van der Waals surface area contributed by atoms with E-state index in [-0.39, 0.29) is 17.9 Å². The zero-order chi connectivity index (χ0) is 19.6. The number of benzene rings is 1. The highest BCUT2D eigenvalue weighted by Gasteiger charge is 2.35. The van der Waals surface area contributed by atoms with Gasteiger partial charge in [-0.1, -0.05) is 24.3 Å². The third-order valence-corrected chi connectivity index (χ3v) is 6.65. The molecule has 2 aliphatic rings. The zero-order valence-electron chi connectivity index (χ0n) is 16.2. The monoisotopic (exact) mass is 405 g/mol. The summed E-state index contributed by atoms with van der Waals surface area (Å²) in [5, 5.41) is 2.69. The fourth-order valence-corrected chi connectivity index (χ4v) is 5.23. The molecule has 1 aliphatic heterocycles. The maximum Gasteiger partial charge on any atom is 0.230 e. The lowest BCUT2D eigenvalue weighted by atomic mass is 9.88. The first-order valence-corrected chi connectivity index (χ1v) is 11.1. The Hall–Kier alpha value is -2.73. The van der Waals surface area contributed by atoms with E-state index in [1.54, 1.807) is 6.20 Å². The number of para-hydroxylation sites is 1. The highest BCUT2D eigenvalue weighted by molar-refractivity contribution is 7.13. The molecule has 3 aromatic rings. The van der Waals surface area contributed by atoms with Gasteiger partial charge in [0.05, 0.1) is 18.3 Å². The number of hydrogen-bond acceptors (Lipinski definition) is 5. The standard InChI is InChI=1S/C23H23N3O2S/c27-21(15-17-10-13-28-20-9-2-1-7-18(17)20)26(23-25-12-14-29-23)19-8-3-5-16-6-4-11-24-22(16)19/h1-2,4,6-7,9,11-12,14,17,19H,3,5,8,10,13,15H2/t17-,19+/m0/s1. The molecule has 1 aromatic carbocycles. The highest BCUT2D eigenvalue weighted by atomic mass is 32.1. The molecule has 5 rings (SSSR count). The van der Waals surface area contributed by atoms with Crippen molar-refractivity contribution in [2.45, 2.75) is 44.1 Å². The van der Waals surface area contributed by atoms with Crippen LogP contribution in [0.15, 0.2) is 54.2 Å². The molecule has 0 saturated carbocycles. The molecular formula is C23H23N3O2S. The minimum atomic E-state index is -0.0475. The van der Waals surface area contributed by atoms with Crippen molar-refractivity contribution in [3.8, 4) is 5.75 Å². The van der Waals surface area contributed by atoms with Crippen LogP contribution < -0.4 is 9.64 Å². The van der Waals surface area contributed by atoms with Gasteiger partial charge in [0.2, 0.25) is 5.91 Å². The SMILES string of the molecule is O=C(C[C@@H]1CCOc2ccccc21)N(c1nccs1)[C@@H]1CCCc2cccnc21. The van der Waals surface area contributed by atoms with Gasteiger partial charge in [-0.15, -0.1) is 11.3 Å². The predicted octanol–water partition coefficient (Wildman–Crippen LogP) is 4.91. The summed E-state index contributed by atoms with van der Waals surface area (Å²) in [5.41, 5.74) is 3.40. The fourth-order valence-electron chi connectivity index (χ4n) is 4.52. The number of aromatic nitrogens is 2. The number of thiazole rings is 1. The molecule has 2 aromatic heterocycles. The highest BCUT2D eigenvalue weighted by Crippen LogP contribution is 2.40. The second-order valence-corrected chi connectivity index (χ2v) is 8.48. The van der Waals surface area contributed by atoms with Gasteiger partial charge >= 0.3 is 0 Å². The van der Waals surface area contributed by atoms with Crippen LogP contribution in [0.25, 0.3) is 0 Å². The quantitative estimate of drug-likeness (QED) is 0.619. The number of pyridine rings is 1. The Balaban J connectivity index is 1.47. The van der Waals surface area contributed by atoms with Gasteiger partial charge in [0.15, 0.2) is 5.13 Å². The van der Waals surface area contributed by atoms with E-state index in [1.807, 2.05) is 40.7 Å². The van der Waals surface area contributed by atoms with Crippen LogP contribution in [0.3, 0.4) is 0 Å². The second-order valence-electron chi connectivity index (χ2n) is 7.61. The van der Waals surface area contributed by atoms with E-state index in [4.69, 9.17) is 4.74 Å². The van der Waals surface area contributed by atoms with Crippen LogP contribution in [-0.2, 0) is 11.2 Å². The summed E-state index contributed by atoms with van der Waals surface area (Å²) in [6, 6.07) is 12.1. The number of aryl methyl sites for hydroxylation is 1. The Kier molecular flexibility index (Phi) is 5.02. The van der Waals surface area contributed by atoms with E-state index in [9.17, 15) is 4.79 Å². The smallest absolute Gasteiger partial charge is 0.230 e. The van der Waals surface area contributed by atoms with Gasteiger partial charge in [0, 0.05) is 24.2 Å². The van der Waals surface area contributed by atoms with Crippen molar-refractivity contribution in [1.29, 1.82) is 0 Å². The van der Waals surface area contributed by atoms with E-state index < -0.39 is 0 Å². The second kappa shape index (κ2) is 7.95. The van der Waals surface area contributed by atoms with Gasteiger partial charge < -0.3 is 4.74 Å². The Morgan fingerprint density at radius 2 is 2.07 bits per heavy atom.